The molecule has 180 valence electrons. The Bertz CT molecular complexity index is 1070. The average Bonchev–Trinajstić information content (AvgIpc) is 3.30. The number of hydrogen-bond donors (Lipinski definition) is 0. The van der Waals surface area contributed by atoms with Crippen molar-refractivity contribution < 1.29 is 19.1 Å². The molecule has 2 aromatic carbocycles. The van der Waals surface area contributed by atoms with Gasteiger partial charge in [0, 0.05) is 18.5 Å². The Morgan fingerprint density at radius 2 is 1.97 bits per heavy atom. The van der Waals surface area contributed by atoms with Gasteiger partial charge in [0.1, 0.15) is 5.75 Å². The van der Waals surface area contributed by atoms with Gasteiger partial charge in [-0.05, 0) is 56.5 Å². The van der Waals surface area contributed by atoms with Gasteiger partial charge in [-0.25, -0.2) is 5.01 Å². The molecule has 0 bridgehead atoms. The maximum atomic E-state index is 13.5. The van der Waals surface area contributed by atoms with Crippen molar-refractivity contribution in [1.82, 2.24) is 9.91 Å². The summed E-state index contributed by atoms with van der Waals surface area (Å²) in [5.41, 5.74) is 4.05. The molecule has 7 heteroatoms. The van der Waals surface area contributed by atoms with Crippen molar-refractivity contribution in [3.8, 4) is 5.75 Å². The van der Waals surface area contributed by atoms with E-state index in [1.54, 1.807) is 12.1 Å². The van der Waals surface area contributed by atoms with Crippen molar-refractivity contribution in [1.29, 1.82) is 0 Å². The largest absolute Gasteiger partial charge is 0.497 e. The van der Waals surface area contributed by atoms with E-state index in [1.165, 1.54) is 0 Å². The molecule has 2 aromatic rings. The van der Waals surface area contributed by atoms with E-state index >= 15 is 0 Å². The van der Waals surface area contributed by atoms with Gasteiger partial charge in [0.15, 0.2) is 0 Å². The van der Waals surface area contributed by atoms with E-state index in [1.807, 2.05) is 43.3 Å². The van der Waals surface area contributed by atoms with Crippen LogP contribution in [0.25, 0.3) is 0 Å². The van der Waals surface area contributed by atoms with Crippen LogP contribution in [0, 0.1) is 12.8 Å². The zero-order valence-electron chi connectivity index (χ0n) is 20.2. The van der Waals surface area contributed by atoms with Crippen LogP contribution in [0.5, 0.6) is 5.75 Å². The van der Waals surface area contributed by atoms with Crippen LogP contribution in [0.15, 0.2) is 53.6 Å². The SMILES string of the molecule is CCOC(=O)[C@H]1CCCN(CC(=O)N2N=C(c3cccc(OC)c3)C[C@H]2c2ccccc2C)C1. The normalized spacial score (nSPS) is 20.7. The Balaban J connectivity index is 1.56. The Labute approximate surface area is 201 Å². The first-order valence-electron chi connectivity index (χ1n) is 12.0. The molecule has 1 saturated heterocycles. The lowest BCUT2D eigenvalue weighted by Crippen LogP contribution is -2.44. The van der Waals surface area contributed by atoms with Crippen LogP contribution in [0.1, 0.15) is 48.9 Å². The van der Waals surface area contributed by atoms with Crippen molar-refractivity contribution in [2.45, 2.75) is 39.2 Å². The van der Waals surface area contributed by atoms with Crippen LogP contribution in [-0.2, 0) is 14.3 Å². The molecule has 0 aromatic heterocycles. The quantitative estimate of drug-likeness (QED) is 0.582. The van der Waals surface area contributed by atoms with Crippen molar-refractivity contribution in [2.75, 3.05) is 33.4 Å². The molecule has 0 saturated carbocycles. The third kappa shape index (κ3) is 5.30. The maximum Gasteiger partial charge on any atom is 0.310 e. The van der Waals surface area contributed by atoms with E-state index < -0.39 is 0 Å². The summed E-state index contributed by atoms with van der Waals surface area (Å²) in [6.07, 6.45) is 2.31. The van der Waals surface area contributed by atoms with E-state index in [0.29, 0.717) is 19.6 Å². The molecule has 1 amide bonds. The van der Waals surface area contributed by atoms with Crippen LogP contribution in [-0.4, -0.2) is 60.8 Å². The number of carbonyl (C=O) groups is 2. The minimum atomic E-state index is -0.178. The number of ether oxygens (including phenoxy) is 2. The topological polar surface area (TPSA) is 71.4 Å². The number of hydrogen-bond acceptors (Lipinski definition) is 6. The minimum absolute atomic E-state index is 0.0596. The maximum absolute atomic E-state index is 13.5. The lowest BCUT2D eigenvalue weighted by atomic mass is 9.95. The number of benzene rings is 2. The van der Waals surface area contributed by atoms with Crippen molar-refractivity contribution in [2.24, 2.45) is 11.0 Å². The van der Waals surface area contributed by atoms with E-state index in [4.69, 9.17) is 14.6 Å². The van der Waals surface area contributed by atoms with Gasteiger partial charge in [0.2, 0.25) is 0 Å². The average molecular weight is 464 g/mol. The van der Waals surface area contributed by atoms with Crippen LogP contribution < -0.4 is 4.74 Å². The molecule has 34 heavy (non-hydrogen) atoms. The van der Waals surface area contributed by atoms with Gasteiger partial charge in [-0.15, -0.1) is 0 Å². The smallest absolute Gasteiger partial charge is 0.310 e. The third-order valence-corrected chi connectivity index (χ3v) is 6.60. The Morgan fingerprint density at radius 3 is 2.74 bits per heavy atom. The van der Waals surface area contributed by atoms with Gasteiger partial charge in [-0.1, -0.05) is 36.4 Å². The van der Waals surface area contributed by atoms with E-state index in [0.717, 1.165) is 47.5 Å². The number of hydrazone groups is 1. The molecule has 2 heterocycles. The number of methoxy groups -OCH3 is 1. The third-order valence-electron chi connectivity index (χ3n) is 6.60. The number of carbonyl (C=O) groups excluding carboxylic acids is 2. The number of likely N-dealkylation sites (tertiary alicyclic amines) is 1. The van der Waals surface area contributed by atoms with E-state index in [9.17, 15) is 9.59 Å². The van der Waals surface area contributed by atoms with Gasteiger partial charge in [-0.3, -0.25) is 14.5 Å². The summed E-state index contributed by atoms with van der Waals surface area (Å²) >= 11 is 0. The van der Waals surface area contributed by atoms with Gasteiger partial charge >= 0.3 is 5.97 Å². The summed E-state index contributed by atoms with van der Waals surface area (Å²) in [5, 5.41) is 6.45. The Kier molecular flexibility index (Phi) is 7.63. The Morgan fingerprint density at radius 1 is 1.15 bits per heavy atom. The molecule has 0 radical (unpaired) electrons. The predicted molar refractivity (Wildman–Crippen MR) is 131 cm³/mol. The second-order valence-corrected chi connectivity index (χ2v) is 8.92. The lowest BCUT2D eigenvalue weighted by Gasteiger charge is -2.32. The van der Waals surface area contributed by atoms with Crippen LogP contribution in [0.3, 0.4) is 0 Å². The fraction of sp³-hybridized carbons (Fsp3) is 0.444. The number of amides is 1. The predicted octanol–water partition coefficient (Wildman–Crippen LogP) is 3.96. The van der Waals surface area contributed by atoms with Gasteiger partial charge < -0.3 is 9.47 Å². The molecule has 2 atom stereocenters. The molecule has 0 aliphatic carbocycles. The molecule has 7 nitrogen and oxygen atoms in total. The molecule has 0 unspecified atom stereocenters. The lowest BCUT2D eigenvalue weighted by molar-refractivity contribution is -0.150. The zero-order valence-corrected chi connectivity index (χ0v) is 20.2. The number of piperidine rings is 1. The molecule has 4 rings (SSSR count). The van der Waals surface area contributed by atoms with Gasteiger partial charge in [0.05, 0.1) is 37.9 Å². The van der Waals surface area contributed by atoms with Crippen LogP contribution in [0.2, 0.25) is 0 Å². The van der Waals surface area contributed by atoms with E-state index in [-0.39, 0.29) is 30.4 Å². The summed E-state index contributed by atoms with van der Waals surface area (Å²) in [6, 6.07) is 15.8. The molecular weight excluding hydrogens is 430 g/mol. The molecule has 0 N–H and O–H groups in total. The first-order chi connectivity index (χ1) is 16.5. The highest BCUT2D eigenvalue weighted by molar-refractivity contribution is 6.03. The molecule has 0 spiro atoms. The van der Waals surface area contributed by atoms with E-state index in [2.05, 4.69) is 24.0 Å². The number of rotatable bonds is 7. The summed E-state index contributed by atoms with van der Waals surface area (Å²) in [6.45, 7) is 5.82. The monoisotopic (exact) mass is 463 g/mol. The second kappa shape index (κ2) is 10.8. The second-order valence-electron chi connectivity index (χ2n) is 8.92. The standard InChI is InChI=1S/C27H33N3O4/c1-4-34-27(32)21-11-8-14-29(17-21)18-26(31)30-25(23-13-6-5-9-19(23)2)16-24(28-30)20-10-7-12-22(15-20)33-3/h5-7,9-10,12-13,15,21,25H,4,8,11,14,16-18H2,1-3H3/t21-,25-/m0/s1. The van der Waals surface area contributed by atoms with Crippen molar-refractivity contribution in [3.63, 3.8) is 0 Å². The summed E-state index contributed by atoms with van der Waals surface area (Å²) < 4.78 is 10.6. The molecule has 2 aliphatic rings. The molecule has 2 aliphatic heterocycles. The van der Waals surface area contributed by atoms with Crippen LogP contribution >= 0.6 is 0 Å². The first kappa shape index (κ1) is 24.0. The fourth-order valence-corrected chi connectivity index (χ4v) is 4.84. The van der Waals surface area contributed by atoms with Crippen LogP contribution in [0.4, 0.5) is 0 Å². The zero-order chi connectivity index (χ0) is 24.1. The summed E-state index contributed by atoms with van der Waals surface area (Å²) in [7, 11) is 1.64. The summed E-state index contributed by atoms with van der Waals surface area (Å²) in [4.78, 5) is 27.8. The first-order valence-corrected chi connectivity index (χ1v) is 12.0. The summed E-state index contributed by atoms with van der Waals surface area (Å²) in [5.74, 6) is 0.353. The van der Waals surface area contributed by atoms with Crippen molar-refractivity contribution >= 4 is 17.6 Å². The van der Waals surface area contributed by atoms with Gasteiger partial charge in [-0.2, -0.15) is 5.10 Å². The highest BCUT2D eigenvalue weighted by atomic mass is 16.5. The van der Waals surface area contributed by atoms with Gasteiger partial charge in [0.25, 0.3) is 5.91 Å². The Hall–Kier alpha value is -3.19. The van der Waals surface area contributed by atoms with Crippen molar-refractivity contribution in [3.05, 3.63) is 65.2 Å². The highest BCUT2D eigenvalue weighted by Crippen LogP contribution is 2.35. The number of esters is 1. The highest BCUT2D eigenvalue weighted by Gasteiger charge is 2.36. The fourth-order valence-electron chi connectivity index (χ4n) is 4.84. The molecule has 1 fully saturated rings. The molecular formula is C27H33N3O4. The number of nitrogens with zero attached hydrogens (tertiary/aromatic N) is 3. The number of aryl methyl sites for hydroxylation is 1. The minimum Gasteiger partial charge on any atom is -0.497 e.